The molecule has 0 spiro atoms. The van der Waals surface area contributed by atoms with E-state index in [-0.39, 0.29) is 21.4 Å². The molecule has 86 valence electrons. The van der Waals surface area contributed by atoms with Gasteiger partial charge in [0.25, 0.3) is 0 Å². The highest BCUT2D eigenvalue weighted by atomic mass is 79.9. The Morgan fingerprint density at radius 2 is 2.19 bits per heavy atom. The number of anilines is 1. The van der Waals surface area contributed by atoms with Gasteiger partial charge in [0.2, 0.25) is 5.91 Å². The number of nitrogens with zero attached hydrogens (tertiary/aromatic N) is 1. The Balaban J connectivity index is 2.44. The highest BCUT2D eigenvalue weighted by Gasteiger charge is 2.31. The van der Waals surface area contributed by atoms with Crippen LogP contribution in [-0.4, -0.2) is 17.3 Å². The number of alkyl halides is 1. The maximum Gasteiger partial charge on any atom is 0.228 e. The fourth-order valence-corrected chi connectivity index (χ4v) is 3.11. The van der Waals surface area contributed by atoms with Crippen LogP contribution in [0.15, 0.2) is 16.6 Å². The average Bonchev–Trinajstić information content (AvgIpc) is 2.43. The van der Waals surface area contributed by atoms with E-state index in [9.17, 15) is 9.18 Å². The third-order valence-electron chi connectivity index (χ3n) is 2.33. The minimum Gasteiger partial charge on any atom is -0.307 e. The normalized spacial score (nSPS) is 20.6. The third-order valence-corrected chi connectivity index (χ3v) is 3.69. The molecule has 1 aromatic carbocycles. The Morgan fingerprint density at radius 1 is 1.50 bits per heavy atom. The minimum absolute atomic E-state index is 0.0547. The van der Waals surface area contributed by atoms with E-state index < -0.39 is 5.82 Å². The molecule has 0 N–H and O–H groups in total. The van der Waals surface area contributed by atoms with E-state index in [2.05, 4.69) is 31.9 Å². The molecule has 1 fully saturated rings. The number of hydrogen-bond donors (Lipinski definition) is 0. The molecule has 0 aliphatic carbocycles. The van der Waals surface area contributed by atoms with E-state index in [0.29, 0.717) is 17.4 Å². The molecule has 0 radical (unpaired) electrons. The topological polar surface area (TPSA) is 20.3 Å². The van der Waals surface area contributed by atoms with Crippen molar-refractivity contribution in [3.63, 3.8) is 0 Å². The molecule has 1 atom stereocenters. The summed E-state index contributed by atoms with van der Waals surface area (Å²) in [6.07, 6.45) is 0.367. The number of amides is 1. The lowest BCUT2D eigenvalue weighted by atomic mass is 10.3. The van der Waals surface area contributed by atoms with Crippen LogP contribution in [-0.2, 0) is 4.79 Å². The van der Waals surface area contributed by atoms with Gasteiger partial charge in [-0.1, -0.05) is 43.5 Å². The van der Waals surface area contributed by atoms with Gasteiger partial charge in [-0.15, -0.1) is 0 Å². The van der Waals surface area contributed by atoms with Crippen molar-refractivity contribution in [1.29, 1.82) is 0 Å². The van der Waals surface area contributed by atoms with Crippen molar-refractivity contribution in [1.82, 2.24) is 0 Å². The molecule has 16 heavy (non-hydrogen) atoms. The molecular weight excluding hydrogens is 364 g/mol. The lowest BCUT2D eigenvalue weighted by molar-refractivity contribution is -0.117. The number of rotatable bonds is 1. The summed E-state index contributed by atoms with van der Waals surface area (Å²) >= 11 is 12.4. The van der Waals surface area contributed by atoms with Gasteiger partial charge in [0.1, 0.15) is 5.82 Å². The van der Waals surface area contributed by atoms with Crippen molar-refractivity contribution in [3.8, 4) is 0 Å². The van der Waals surface area contributed by atoms with Crippen LogP contribution < -0.4 is 4.90 Å². The van der Waals surface area contributed by atoms with Crippen LogP contribution in [0.4, 0.5) is 10.1 Å². The summed E-state index contributed by atoms with van der Waals surface area (Å²) in [5.74, 6) is -0.612. The van der Waals surface area contributed by atoms with Crippen molar-refractivity contribution >= 4 is 55.1 Å². The van der Waals surface area contributed by atoms with Crippen molar-refractivity contribution in [2.45, 2.75) is 11.2 Å². The first-order chi connectivity index (χ1) is 7.49. The van der Waals surface area contributed by atoms with Crippen LogP contribution in [0.25, 0.3) is 0 Å². The summed E-state index contributed by atoms with van der Waals surface area (Å²) in [6.45, 7) is 0.442. The lowest BCUT2D eigenvalue weighted by Gasteiger charge is -2.18. The molecule has 1 aromatic rings. The largest absolute Gasteiger partial charge is 0.307 e. The van der Waals surface area contributed by atoms with E-state index in [0.717, 1.165) is 0 Å². The maximum atomic E-state index is 13.7. The van der Waals surface area contributed by atoms with Gasteiger partial charge in [0, 0.05) is 22.3 Å². The Labute approximate surface area is 114 Å². The first kappa shape index (κ1) is 12.3. The van der Waals surface area contributed by atoms with Crippen LogP contribution in [0, 0.1) is 5.82 Å². The highest BCUT2D eigenvalue weighted by molar-refractivity contribution is 9.10. The fraction of sp³-hybridized carbons (Fsp3) is 0.300. The van der Waals surface area contributed by atoms with Gasteiger partial charge in [-0.2, -0.15) is 0 Å². The second-order valence-corrected chi connectivity index (χ2v) is 6.14. The van der Waals surface area contributed by atoms with E-state index in [4.69, 9.17) is 11.6 Å². The van der Waals surface area contributed by atoms with E-state index in [1.807, 2.05) is 0 Å². The first-order valence-corrected chi connectivity index (χ1v) is 6.66. The number of carbonyl (C=O) groups excluding carboxylic acids is 1. The lowest BCUT2D eigenvalue weighted by Crippen LogP contribution is -2.26. The zero-order valence-corrected chi connectivity index (χ0v) is 11.9. The van der Waals surface area contributed by atoms with Crippen LogP contribution >= 0.6 is 43.5 Å². The average molecular weight is 371 g/mol. The number of halogens is 4. The standard InChI is InChI=1S/C10H7Br2ClFNO/c11-5-1-7(13)10(8(14)2-5)15-4-6(12)3-9(15)16/h1-2,6H,3-4H2. The second-order valence-electron chi connectivity index (χ2n) is 3.52. The molecule has 2 nitrogen and oxygen atoms in total. The van der Waals surface area contributed by atoms with Crippen LogP contribution in [0.1, 0.15) is 6.42 Å². The summed E-state index contributed by atoms with van der Waals surface area (Å²) in [6, 6.07) is 2.88. The van der Waals surface area contributed by atoms with Gasteiger partial charge < -0.3 is 4.90 Å². The Morgan fingerprint density at radius 3 is 2.69 bits per heavy atom. The highest BCUT2D eigenvalue weighted by Crippen LogP contribution is 2.35. The number of hydrogen-bond acceptors (Lipinski definition) is 1. The molecule has 1 unspecified atom stereocenters. The van der Waals surface area contributed by atoms with Crippen LogP contribution in [0.3, 0.4) is 0 Å². The summed E-state index contributed by atoms with van der Waals surface area (Å²) in [4.78, 5) is 13.1. The minimum atomic E-state index is -0.491. The van der Waals surface area contributed by atoms with E-state index in [1.54, 1.807) is 6.07 Å². The van der Waals surface area contributed by atoms with Gasteiger partial charge in [-0.25, -0.2) is 4.39 Å². The van der Waals surface area contributed by atoms with Gasteiger partial charge in [0.15, 0.2) is 0 Å². The zero-order chi connectivity index (χ0) is 11.9. The smallest absolute Gasteiger partial charge is 0.228 e. The summed E-state index contributed by atoms with van der Waals surface area (Å²) in [5.41, 5.74) is 0.164. The van der Waals surface area contributed by atoms with Crippen molar-refractivity contribution in [2.75, 3.05) is 11.4 Å². The molecule has 1 heterocycles. The van der Waals surface area contributed by atoms with Gasteiger partial charge in [-0.05, 0) is 12.1 Å². The molecular formula is C10H7Br2ClFNO. The molecule has 0 aromatic heterocycles. The van der Waals surface area contributed by atoms with Crippen molar-refractivity contribution in [3.05, 3.63) is 27.4 Å². The molecule has 0 bridgehead atoms. The molecule has 1 aliphatic heterocycles. The zero-order valence-electron chi connectivity index (χ0n) is 8.01. The van der Waals surface area contributed by atoms with Crippen molar-refractivity contribution < 1.29 is 9.18 Å². The number of carbonyl (C=O) groups is 1. The number of benzene rings is 1. The van der Waals surface area contributed by atoms with Crippen LogP contribution in [0.5, 0.6) is 0 Å². The third kappa shape index (κ3) is 2.26. The molecule has 0 saturated carbocycles. The quantitative estimate of drug-likeness (QED) is 0.689. The second kappa shape index (κ2) is 4.63. The molecule has 1 amide bonds. The summed E-state index contributed by atoms with van der Waals surface area (Å²) < 4.78 is 14.3. The predicted molar refractivity (Wildman–Crippen MR) is 68.8 cm³/mol. The molecule has 1 saturated heterocycles. The van der Waals surface area contributed by atoms with E-state index in [1.165, 1.54) is 11.0 Å². The van der Waals surface area contributed by atoms with E-state index >= 15 is 0 Å². The maximum absolute atomic E-state index is 13.7. The van der Waals surface area contributed by atoms with Crippen LogP contribution in [0.2, 0.25) is 5.02 Å². The van der Waals surface area contributed by atoms with Gasteiger partial charge in [0.05, 0.1) is 10.7 Å². The molecule has 6 heteroatoms. The summed E-state index contributed by atoms with van der Waals surface area (Å²) in [5, 5.41) is 0.238. The predicted octanol–water partition coefficient (Wildman–Crippen LogP) is 3.74. The Bertz CT molecular complexity index is 431. The Hall–Kier alpha value is -0.130. The Kier molecular flexibility index (Phi) is 3.56. The van der Waals surface area contributed by atoms with Crippen molar-refractivity contribution in [2.24, 2.45) is 0 Å². The first-order valence-electron chi connectivity index (χ1n) is 4.58. The summed E-state index contributed by atoms with van der Waals surface area (Å²) in [7, 11) is 0. The molecule has 2 rings (SSSR count). The SMILES string of the molecule is O=C1CC(Br)CN1c1c(F)cc(Br)cc1Cl. The van der Waals surface area contributed by atoms with Gasteiger partial charge >= 0.3 is 0 Å². The fourth-order valence-electron chi connectivity index (χ4n) is 1.67. The van der Waals surface area contributed by atoms with Gasteiger partial charge in [-0.3, -0.25) is 4.79 Å². The molecule has 1 aliphatic rings. The monoisotopic (exact) mass is 369 g/mol.